The Morgan fingerprint density at radius 2 is 1.81 bits per heavy atom. The fraction of sp³-hybridized carbons (Fsp3) is 0.409. The molecule has 2 aromatic carbocycles. The van der Waals surface area contributed by atoms with Gasteiger partial charge < -0.3 is 9.84 Å². The molecule has 0 aliphatic carbocycles. The molecule has 4 heteroatoms. The van der Waals surface area contributed by atoms with E-state index in [-0.39, 0.29) is 0 Å². The highest BCUT2D eigenvalue weighted by Gasteiger charge is 2.52. The van der Waals surface area contributed by atoms with Crippen molar-refractivity contribution in [1.82, 2.24) is 0 Å². The lowest BCUT2D eigenvalue weighted by atomic mass is 10.0. The van der Waals surface area contributed by atoms with Crippen molar-refractivity contribution in [2.75, 3.05) is 25.1 Å². The van der Waals surface area contributed by atoms with Gasteiger partial charge >= 0.3 is 0 Å². The molecule has 2 heterocycles. The van der Waals surface area contributed by atoms with E-state index in [0.717, 1.165) is 42.8 Å². The lowest BCUT2D eigenvalue weighted by molar-refractivity contribution is -0.661. The van der Waals surface area contributed by atoms with Crippen LogP contribution in [0.15, 0.2) is 48.5 Å². The molecule has 4 rings (SSSR count). The zero-order chi connectivity index (χ0) is 18.1. The summed E-state index contributed by atoms with van der Waals surface area (Å²) in [5.41, 5.74) is 2.42. The molecule has 0 saturated heterocycles. The minimum atomic E-state index is -0.995. The number of ether oxygens (including phenoxy) is 1. The van der Waals surface area contributed by atoms with Crippen molar-refractivity contribution in [3.05, 3.63) is 59.7 Å². The van der Waals surface area contributed by atoms with E-state index >= 15 is 0 Å². The van der Waals surface area contributed by atoms with Gasteiger partial charge in [0, 0.05) is 12.0 Å². The monoisotopic (exact) mass is 351 g/mol. The maximum absolute atomic E-state index is 11.7. The van der Waals surface area contributed by atoms with E-state index in [1.165, 1.54) is 17.8 Å². The maximum atomic E-state index is 11.7. The summed E-state index contributed by atoms with van der Waals surface area (Å²) in [5.74, 6) is 2.05. The predicted octanol–water partition coefficient (Wildman–Crippen LogP) is 3.52. The molecular formula is C22H27N2O2+. The van der Waals surface area contributed by atoms with Crippen LogP contribution in [0.1, 0.15) is 37.3 Å². The van der Waals surface area contributed by atoms with Crippen LogP contribution in [-0.2, 0) is 12.1 Å². The normalized spacial score (nSPS) is 22.5. The fourth-order valence-corrected chi connectivity index (χ4v) is 4.15. The Labute approximate surface area is 155 Å². The number of anilines is 1. The highest BCUT2D eigenvalue weighted by atomic mass is 16.5. The van der Waals surface area contributed by atoms with Crippen molar-refractivity contribution in [2.24, 2.45) is 0 Å². The van der Waals surface area contributed by atoms with Crippen LogP contribution in [0, 0.1) is 0 Å². The lowest BCUT2D eigenvalue weighted by Gasteiger charge is -2.24. The molecule has 2 aromatic rings. The first kappa shape index (κ1) is 17.1. The van der Waals surface area contributed by atoms with E-state index in [9.17, 15) is 5.11 Å². The Morgan fingerprint density at radius 3 is 2.46 bits per heavy atom. The maximum Gasteiger partial charge on any atom is 0.271 e. The van der Waals surface area contributed by atoms with E-state index in [2.05, 4.69) is 40.7 Å². The van der Waals surface area contributed by atoms with Crippen molar-refractivity contribution in [3.8, 4) is 5.75 Å². The van der Waals surface area contributed by atoms with Crippen LogP contribution in [0.3, 0.4) is 0 Å². The van der Waals surface area contributed by atoms with Crippen molar-refractivity contribution in [2.45, 2.75) is 38.3 Å². The van der Waals surface area contributed by atoms with Crippen LogP contribution >= 0.6 is 0 Å². The van der Waals surface area contributed by atoms with Gasteiger partial charge in [-0.3, -0.25) is 0 Å². The molecule has 1 atom stereocenters. The Morgan fingerprint density at radius 1 is 1.08 bits per heavy atom. The summed E-state index contributed by atoms with van der Waals surface area (Å²) in [6.45, 7) is 3.62. The number of aryl methyl sites for hydroxylation is 1. The molecule has 0 saturated carbocycles. The highest BCUT2D eigenvalue weighted by Crippen LogP contribution is 2.36. The van der Waals surface area contributed by atoms with E-state index < -0.39 is 5.72 Å². The first-order valence-electron chi connectivity index (χ1n) is 9.52. The standard InChI is InChI=1S/C22H27N2O2/c1-3-17-7-11-19(12-8-17)23-16-22(25,24-15-5-4-6-21(23)24)18-9-13-20(26-2)14-10-18/h7-14,25H,3-6,15-16H2,1-2H3/q+1/t22-/m1/s1. The van der Waals surface area contributed by atoms with Gasteiger partial charge in [-0.25, -0.2) is 9.48 Å². The van der Waals surface area contributed by atoms with Gasteiger partial charge in [0.15, 0.2) is 6.54 Å². The van der Waals surface area contributed by atoms with E-state index in [4.69, 9.17) is 4.74 Å². The average Bonchev–Trinajstić information content (AvgIpc) is 3.02. The van der Waals surface area contributed by atoms with Crippen LogP contribution in [0.5, 0.6) is 5.75 Å². The number of hydrogen-bond acceptors (Lipinski definition) is 3. The summed E-state index contributed by atoms with van der Waals surface area (Å²) >= 11 is 0. The van der Waals surface area contributed by atoms with Crippen molar-refractivity contribution in [3.63, 3.8) is 0 Å². The molecule has 0 unspecified atom stereocenters. The van der Waals surface area contributed by atoms with E-state index in [1.807, 2.05) is 24.3 Å². The Kier molecular flexibility index (Phi) is 4.45. The topological polar surface area (TPSA) is 35.7 Å². The Hall–Kier alpha value is -2.33. The van der Waals surface area contributed by atoms with Gasteiger partial charge in [-0.15, -0.1) is 0 Å². The molecule has 0 spiro atoms. The third-order valence-electron chi connectivity index (χ3n) is 5.69. The molecule has 0 aromatic heterocycles. The number of benzene rings is 2. The van der Waals surface area contributed by atoms with Crippen LogP contribution in [0.4, 0.5) is 5.69 Å². The molecule has 4 nitrogen and oxygen atoms in total. The number of methoxy groups -OCH3 is 1. The van der Waals surface area contributed by atoms with Crippen LogP contribution in [0.2, 0.25) is 0 Å². The Bertz CT molecular complexity index is 811. The average molecular weight is 351 g/mol. The minimum absolute atomic E-state index is 0.556. The second-order valence-electron chi connectivity index (χ2n) is 7.18. The van der Waals surface area contributed by atoms with Crippen molar-refractivity contribution < 1.29 is 14.4 Å². The quantitative estimate of drug-likeness (QED) is 0.856. The lowest BCUT2D eigenvalue weighted by Crippen LogP contribution is -2.41. The smallest absolute Gasteiger partial charge is 0.271 e. The number of β-amino-alcohol motifs (C(OH)–C–C–N with tert-alkyl or cyclic N) is 1. The third kappa shape index (κ3) is 2.78. The van der Waals surface area contributed by atoms with Gasteiger partial charge in [-0.1, -0.05) is 19.1 Å². The molecular weight excluding hydrogens is 324 g/mol. The van der Waals surface area contributed by atoms with Gasteiger partial charge in [0.2, 0.25) is 0 Å². The molecule has 0 radical (unpaired) electrons. The SMILES string of the molecule is CCc1ccc(N2C[C@@](O)(c3ccc(OC)cc3)[N+]3=C2CCCC3)cc1. The molecule has 0 fully saturated rings. The Balaban J connectivity index is 1.73. The highest BCUT2D eigenvalue weighted by molar-refractivity contribution is 5.96. The van der Waals surface area contributed by atoms with Crippen molar-refractivity contribution >= 4 is 11.5 Å². The molecule has 1 N–H and O–H groups in total. The first-order chi connectivity index (χ1) is 12.7. The molecule has 2 aliphatic rings. The zero-order valence-corrected chi connectivity index (χ0v) is 15.6. The number of rotatable bonds is 4. The molecule has 0 bridgehead atoms. The third-order valence-corrected chi connectivity index (χ3v) is 5.69. The number of amidine groups is 1. The van der Waals surface area contributed by atoms with Crippen molar-refractivity contribution in [1.29, 1.82) is 0 Å². The second-order valence-corrected chi connectivity index (χ2v) is 7.18. The molecule has 26 heavy (non-hydrogen) atoms. The van der Waals surface area contributed by atoms with E-state index in [0.29, 0.717) is 6.54 Å². The first-order valence-corrected chi connectivity index (χ1v) is 9.52. The fourth-order valence-electron chi connectivity index (χ4n) is 4.15. The number of aliphatic hydroxyl groups is 1. The van der Waals surface area contributed by atoms with Gasteiger partial charge in [0.05, 0.1) is 13.7 Å². The van der Waals surface area contributed by atoms with E-state index in [1.54, 1.807) is 7.11 Å². The number of hydrogen-bond donors (Lipinski definition) is 1. The summed E-state index contributed by atoms with van der Waals surface area (Å²) in [7, 11) is 1.66. The van der Waals surface area contributed by atoms with Gasteiger partial charge in [-0.05, 0) is 61.2 Å². The molecule has 2 aliphatic heterocycles. The van der Waals surface area contributed by atoms with Gasteiger partial charge in [-0.2, -0.15) is 0 Å². The van der Waals surface area contributed by atoms with Crippen LogP contribution < -0.4 is 9.64 Å². The summed E-state index contributed by atoms with van der Waals surface area (Å²) < 4.78 is 7.47. The van der Waals surface area contributed by atoms with Crippen LogP contribution in [0.25, 0.3) is 0 Å². The molecule has 0 amide bonds. The summed E-state index contributed by atoms with van der Waals surface area (Å²) in [5, 5.41) is 11.7. The van der Waals surface area contributed by atoms with Gasteiger partial charge in [0.25, 0.3) is 11.6 Å². The van der Waals surface area contributed by atoms with Crippen LogP contribution in [-0.4, -0.2) is 35.7 Å². The summed E-state index contributed by atoms with van der Waals surface area (Å²) in [6.07, 6.45) is 4.34. The predicted molar refractivity (Wildman–Crippen MR) is 104 cm³/mol. The summed E-state index contributed by atoms with van der Waals surface area (Å²) in [6, 6.07) is 16.5. The van der Waals surface area contributed by atoms with Gasteiger partial charge in [0.1, 0.15) is 11.4 Å². The largest absolute Gasteiger partial charge is 0.497 e. The molecule has 136 valence electrons. The second kappa shape index (κ2) is 6.76. The minimum Gasteiger partial charge on any atom is -0.497 e. The summed E-state index contributed by atoms with van der Waals surface area (Å²) in [4.78, 5) is 2.29. The number of nitrogens with zero attached hydrogens (tertiary/aromatic N) is 2. The zero-order valence-electron chi connectivity index (χ0n) is 15.6.